The van der Waals surface area contributed by atoms with Crippen molar-refractivity contribution in [1.82, 2.24) is 29.6 Å². The summed E-state index contributed by atoms with van der Waals surface area (Å²) >= 11 is 0. The van der Waals surface area contributed by atoms with E-state index in [9.17, 15) is 14.8 Å². The van der Waals surface area contributed by atoms with Crippen LogP contribution in [-0.2, 0) is 13.6 Å². The number of nitriles is 1. The van der Waals surface area contributed by atoms with E-state index in [-0.39, 0.29) is 11.6 Å². The molecule has 2 unspecified atom stereocenters. The molecule has 40 heavy (non-hydrogen) atoms. The molecule has 0 spiro atoms. The van der Waals surface area contributed by atoms with Crippen LogP contribution < -0.4 is 4.90 Å². The number of hydrogen-bond donors (Lipinski definition) is 2. The summed E-state index contributed by atoms with van der Waals surface area (Å²) in [6.45, 7) is 4.12. The van der Waals surface area contributed by atoms with Crippen LogP contribution >= 0.6 is 0 Å². The zero-order valence-electron chi connectivity index (χ0n) is 22.1. The minimum Gasteiger partial charge on any atom is -0.508 e. The number of rotatable bonds is 5. The summed E-state index contributed by atoms with van der Waals surface area (Å²) in [5, 5.41) is 25.3. The van der Waals surface area contributed by atoms with E-state index >= 15 is 0 Å². The molecule has 2 N–H and O–H groups in total. The molecular weight excluding hydrogens is 507 g/mol. The van der Waals surface area contributed by atoms with Gasteiger partial charge in [-0.25, -0.2) is 14.4 Å². The molecule has 9 nitrogen and oxygen atoms in total. The Hall–Kier alpha value is -4.75. The molecule has 3 fully saturated rings. The normalized spacial score (nSPS) is 18.6. The second-order valence-corrected chi connectivity index (χ2v) is 10.7. The van der Waals surface area contributed by atoms with Gasteiger partial charge >= 0.3 is 0 Å². The van der Waals surface area contributed by atoms with Gasteiger partial charge in [0.1, 0.15) is 29.1 Å². The second kappa shape index (κ2) is 9.17. The molecule has 7 heterocycles. The summed E-state index contributed by atoms with van der Waals surface area (Å²) in [7, 11) is 1.89. The lowest BCUT2D eigenvalue weighted by molar-refractivity contribution is -0.00921. The van der Waals surface area contributed by atoms with Crippen molar-refractivity contribution in [1.29, 1.82) is 5.26 Å². The molecule has 10 heteroatoms. The third kappa shape index (κ3) is 3.98. The molecule has 0 radical (unpaired) electrons. The van der Waals surface area contributed by atoms with Crippen molar-refractivity contribution in [3.8, 4) is 34.2 Å². The summed E-state index contributed by atoms with van der Waals surface area (Å²) < 4.78 is 15.5. The maximum Gasteiger partial charge on any atom is 0.138 e. The van der Waals surface area contributed by atoms with Crippen LogP contribution in [0.1, 0.15) is 23.2 Å². The van der Waals surface area contributed by atoms with Crippen molar-refractivity contribution in [2.75, 3.05) is 18.0 Å². The number of halogens is 1. The van der Waals surface area contributed by atoms with Crippen molar-refractivity contribution < 1.29 is 9.50 Å². The Bertz CT molecular complexity index is 1790. The number of benzene rings is 1. The zero-order chi connectivity index (χ0) is 27.5. The van der Waals surface area contributed by atoms with Crippen LogP contribution in [-0.4, -0.2) is 59.9 Å². The summed E-state index contributed by atoms with van der Waals surface area (Å²) in [6.07, 6.45) is 6.48. The van der Waals surface area contributed by atoms with Gasteiger partial charge in [-0.3, -0.25) is 9.58 Å². The number of piperidine rings is 1. The van der Waals surface area contributed by atoms with Crippen molar-refractivity contribution >= 4 is 16.9 Å². The lowest BCUT2D eigenvalue weighted by atomic mass is 9.86. The highest BCUT2D eigenvalue weighted by atomic mass is 19.1. The highest BCUT2D eigenvalue weighted by molar-refractivity contribution is 5.98. The lowest BCUT2D eigenvalue weighted by Gasteiger charge is -2.56. The number of aryl methyl sites for hydroxylation is 2. The van der Waals surface area contributed by atoms with Crippen LogP contribution in [0.5, 0.6) is 5.75 Å². The monoisotopic (exact) mass is 534 g/mol. The van der Waals surface area contributed by atoms with Crippen molar-refractivity contribution in [3.63, 3.8) is 0 Å². The van der Waals surface area contributed by atoms with Crippen molar-refractivity contribution in [2.24, 2.45) is 7.05 Å². The van der Waals surface area contributed by atoms with Gasteiger partial charge in [0.25, 0.3) is 0 Å². The first-order valence-corrected chi connectivity index (χ1v) is 13.2. The molecule has 8 rings (SSSR count). The third-order valence-corrected chi connectivity index (χ3v) is 8.18. The fourth-order valence-corrected chi connectivity index (χ4v) is 6.21. The summed E-state index contributed by atoms with van der Waals surface area (Å²) in [4.78, 5) is 17.3. The Balaban J connectivity index is 1.14. The van der Waals surface area contributed by atoms with E-state index in [1.165, 1.54) is 18.2 Å². The molecule has 3 aliphatic heterocycles. The number of nitrogens with one attached hydrogen (secondary N) is 1. The Kier molecular flexibility index (Phi) is 5.57. The van der Waals surface area contributed by atoms with Gasteiger partial charge in [0.2, 0.25) is 0 Å². The number of fused-ring (bicyclic) bond motifs is 3. The van der Waals surface area contributed by atoms with Gasteiger partial charge in [-0.15, -0.1) is 0 Å². The van der Waals surface area contributed by atoms with Crippen LogP contribution in [0, 0.1) is 24.1 Å². The third-order valence-electron chi connectivity index (χ3n) is 8.18. The maximum absolute atomic E-state index is 13.7. The van der Waals surface area contributed by atoms with E-state index < -0.39 is 0 Å². The van der Waals surface area contributed by atoms with Crippen LogP contribution in [0.3, 0.4) is 0 Å². The number of pyridine rings is 2. The minimum atomic E-state index is -0.335. The number of anilines is 1. The average Bonchev–Trinajstić information content (AvgIpc) is 3.54. The maximum atomic E-state index is 13.7. The van der Waals surface area contributed by atoms with Crippen LogP contribution in [0.2, 0.25) is 0 Å². The predicted octanol–water partition coefficient (Wildman–Crippen LogP) is 4.51. The first-order valence-electron chi connectivity index (χ1n) is 13.2. The van der Waals surface area contributed by atoms with Gasteiger partial charge in [0, 0.05) is 85.0 Å². The molecule has 5 aromatic rings. The molecule has 0 amide bonds. The highest BCUT2D eigenvalue weighted by Gasteiger charge is 2.44. The molecular formula is C30H27FN8O. The molecule has 3 aliphatic rings. The van der Waals surface area contributed by atoms with E-state index in [4.69, 9.17) is 4.98 Å². The van der Waals surface area contributed by atoms with Crippen molar-refractivity contribution in [2.45, 2.75) is 32.0 Å². The van der Waals surface area contributed by atoms with Crippen LogP contribution in [0.15, 0.2) is 55.0 Å². The number of aromatic hydroxyl groups is 1. The molecule has 2 atom stereocenters. The summed E-state index contributed by atoms with van der Waals surface area (Å²) in [5.41, 5.74) is 6.27. The number of phenols is 1. The average molecular weight is 535 g/mol. The molecule has 2 bridgehead atoms. The van der Waals surface area contributed by atoms with Gasteiger partial charge in [-0.05, 0) is 49.7 Å². The Morgan fingerprint density at radius 3 is 2.65 bits per heavy atom. The first-order chi connectivity index (χ1) is 19.4. The van der Waals surface area contributed by atoms with E-state index in [0.29, 0.717) is 35.4 Å². The molecule has 4 aromatic heterocycles. The molecule has 0 aliphatic carbocycles. The fraction of sp³-hybridized carbons (Fsp3) is 0.267. The summed E-state index contributed by atoms with van der Waals surface area (Å²) in [5.74, 6) is 0.683. The zero-order valence-corrected chi connectivity index (χ0v) is 22.1. The Morgan fingerprint density at radius 1 is 1.12 bits per heavy atom. The first kappa shape index (κ1) is 24.3. The SMILES string of the molecule is Cc1nn(C)cc1-c1cc2c(-c3ccc(N4CC5CC(C4)N5Cc4cc(F)ccc4O)nc3)c(C#N)cnc2[nH]1. The molecule has 0 saturated carbocycles. The van der Waals surface area contributed by atoms with Gasteiger partial charge in [-0.1, -0.05) is 0 Å². The number of piperazine rings is 1. The minimum absolute atomic E-state index is 0.132. The number of phenolic OH excluding ortho intramolecular Hbond substituents is 1. The predicted molar refractivity (Wildman–Crippen MR) is 149 cm³/mol. The second-order valence-electron chi connectivity index (χ2n) is 10.7. The van der Waals surface area contributed by atoms with Gasteiger partial charge in [-0.2, -0.15) is 10.4 Å². The lowest BCUT2D eigenvalue weighted by Crippen LogP contribution is -2.68. The number of H-pyrrole nitrogens is 1. The Labute approximate surface area is 230 Å². The quantitative estimate of drug-likeness (QED) is 0.341. The standard InChI is InChI=1S/C30H27FN8O/c1-17-25(16-37(2)36-17)26-9-24-29(20(10-32)12-34-30(24)35-26)18-3-6-28(33-11-18)38-14-22-8-23(15-38)39(22)13-19-7-21(31)4-5-27(19)40/h3-7,9,11-12,16,22-23,40H,8,13-15H2,1-2H3,(H,34,35). The number of aromatic amines is 1. The number of nitrogens with zero attached hydrogens (tertiary/aromatic N) is 7. The largest absolute Gasteiger partial charge is 0.508 e. The fourth-order valence-electron chi connectivity index (χ4n) is 6.21. The molecule has 3 saturated heterocycles. The van der Waals surface area contributed by atoms with Crippen LogP contribution in [0.4, 0.5) is 10.2 Å². The van der Waals surface area contributed by atoms with E-state index in [1.54, 1.807) is 10.9 Å². The van der Waals surface area contributed by atoms with Gasteiger partial charge in [0.05, 0.1) is 17.0 Å². The van der Waals surface area contributed by atoms with E-state index in [0.717, 1.165) is 58.8 Å². The number of hydrogen-bond acceptors (Lipinski definition) is 7. The van der Waals surface area contributed by atoms with Crippen LogP contribution in [0.25, 0.3) is 33.4 Å². The highest BCUT2D eigenvalue weighted by Crippen LogP contribution is 2.38. The Morgan fingerprint density at radius 2 is 1.95 bits per heavy atom. The van der Waals surface area contributed by atoms with Gasteiger partial charge in [0.15, 0.2) is 0 Å². The van der Waals surface area contributed by atoms with E-state index in [1.807, 2.05) is 44.6 Å². The van der Waals surface area contributed by atoms with E-state index in [2.05, 4.69) is 30.9 Å². The van der Waals surface area contributed by atoms with Gasteiger partial charge < -0.3 is 15.0 Å². The molecule has 200 valence electrons. The molecule has 1 aromatic carbocycles. The smallest absolute Gasteiger partial charge is 0.138 e. The summed E-state index contributed by atoms with van der Waals surface area (Å²) in [6, 6.07) is 13.1. The topological polar surface area (TPSA) is 110 Å². The number of aromatic nitrogens is 5. The van der Waals surface area contributed by atoms with Crippen molar-refractivity contribution in [3.05, 3.63) is 77.6 Å².